The zero-order chi connectivity index (χ0) is 22.1. The van der Waals surface area contributed by atoms with E-state index in [1.54, 1.807) is 0 Å². The minimum absolute atomic E-state index is 0.150. The predicted octanol–water partition coefficient (Wildman–Crippen LogP) is 3.89. The Morgan fingerprint density at radius 2 is 1.88 bits per heavy atom. The van der Waals surface area contributed by atoms with E-state index in [0.717, 1.165) is 35.5 Å². The van der Waals surface area contributed by atoms with E-state index < -0.39 is 0 Å². The molecule has 32 heavy (non-hydrogen) atoms. The highest BCUT2D eigenvalue weighted by Crippen LogP contribution is 2.38. The quantitative estimate of drug-likeness (QED) is 0.382. The molecule has 0 N–H and O–H groups in total. The number of ketones is 1. The SMILES string of the molecule is Cc1cc(C(=O)CSc2nnc(N3CCOCC3)n2Cc2ccccc2)c(C)n1C1CC1. The Morgan fingerprint density at radius 3 is 2.59 bits per heavy atom. The van der Waals surface area contributed by atoms with Crippen LogP contribution in [0.2, 0.25) is 0 Å². The predicted molar refractivity (Wildman–Crippen MR) is 126 cm³/mol. The lowest BCUT2D eigenvalue weighted by molar-refractivity contribution is 0.102. The largest absolute Gasteiger partial charge is 0.378 e. The van der Waals surface area contributed by atoms with Crippen molar-refractivity contribution in [2.75, 3.05) is 37.0 Å². The normalized spacial score (nSPS) is 16.5. The number of hydrogen-bond acceptors (Lipinski definition) is 6. The van der Waals surface area contributed by atoms with E-state index in [2.05, 4.69) is 50.2 Å². The summed E-state index contributed by atoms with van der Waals surface area (Å²) in [6.45, 7) is 7.81. The van der Waals surface area contributed by atoms with Gasteiger partial charge in [-0.15, -0.1) is 10.2 Å². The van der Waals surface area contributed by atoms with Gasteiger partial charge in [0.1, 0.15) is 0 Å². The third kappa shape index (κ3) is 4.34. The Labute approximate surface area is 192 Å². The Morgan fingerprint density at radius 1 is 1.12 bits per heavy atom. The van der Waals surface area contributed by atoms with Crippen LogP contribution in [-0.2, 0) is 11.3 Å². The number of aromatic nitrogens is 4. The van der Waals surface area contributed by atoms with Crippen LogP contribution in [0.25, 0.3) is 0 Å². The van der Waals surface area contributed by atoms with Crippen LogP contribution in [0.15, 0.2) is 41.6 Å². The molecular formula is C24H29N5O2S. The van der Waals surface area contributed by atoms with Crippen LogP contribution >= 0.6 is 11.8 Å². The average Bonchev–Trinajstić information content (AvgIpc) is 3.50. The molecule has 3 aromatic rings. The van der Waals surface area contributed by atoms with Crippen molar-refractivity contribution >= 4 is 23.5 Å². The summed E-state index contributed by atoms with van der Waals surface area (Å²) in [7, 11) is 0. The molecule has 2 aliphatic rings. The van der Waals surface area contributed by atoms with Gasteiger partial charge in [-0.25, -0.2) is 0 Å². The second-order valence-electron chi connectivity index (χ2n) is 8.55. The molecule has 1 aromatic carbocycles. The lowest BCUT2D eigenvalue weighted by atomic mass is 10.2. The third-order valence-electron chi connectivity index (χ3n) is 6.20. The number of carbonyl (C=O) groups excluding carboxylic acids is 1. The van der Waals surface area contributed by atoms with Gasteiger partial charge < -0.3 is 14.2 Å². The summed E-state index contributed by atoms with van der Waals surface area (Å²) in [5.41, 5.74) is 4.29. The first-order valence-corrected chi connectivity index (χ1v) is 12.2. The zero-order valence-corrected chi connectivity index (χ0v) is 19.5. The number of Topliss-reactive ketones (excluding diaryl/α,β-unsaturated/α-hetero) is 1. The number of rotatable bonds is 8. The second kappa shape index (κ2) is 9.11. The van der Waals surface area contributed by atoms with Crippen molar-refractivity contribution in [3.8, 4) is 0 Å². The van der Waals surface area contributed by atoms with E-state index in [0.29, 0.717) is 31.6 Å². The summed E-state index contributed by atoms with van der Waals surface area (Å²) in [6, 6.07) is 12.9. The number of carbonyl (C=O) groups is 1. The topological polar surface area (TPSA) is 65.2 Å². The van der Waals surface area contributed by atoms with Crippen LogP contribution < -0.4 is 4.90 Å². The number of morpholine rings is 1. The lowest BCUT2D eigenvalue weighted by Crippen LogP contribution is -2.38. The van der Waals surface area contributed by atoms with E-state index in [1.165, 1.54) is 35.9 Å². The molecule has 3 heterocycles. The number of nitrogens with zero attached hydrogens (tertiary/aromatic N) is 5. The molecule has 8 heteroatoms. The van der Waals surface area contributed by atoms with Gasteiger partial charge in [-0.3, -0.25) is 9.36 Å². The molecule has 1 aliphatic carbocycles. The van der Waals surface area contributed by atoms with E-state index in [9.17, 15) is 4.79 Å². The first-order valence-electron chi connectivity index (χ1n) is 11.3. The highest BCUT2D eigenvalue weighted by atomic mass is 32.2. The fourth-order valence-electron chi connectivity index (χ4n) is 4.45. The minimum Gasteiger partial charge on any atom is -0.378 e. The van der Waals surface area contributed by atoms with Crippen LogP contribution in [0, 0.1) is 13.8 Å². The molecule has 1 saturated carbocycles. The summed E-state index contributed by atoms with van der Waals surface area (Å²) in [5, 5.41) is 9.75. The number of ether oxygens (including phenoxy) is 1. The Bertz CT molecular complexity index is 1100. The molecule has 2 aromatic heterocycles. The van der Waals surface area contributed by atoms with E-state index in [1.807, 2.05) is 24.3 Å². The standard InChI is InChI=1S/C24H29N5O2S/c1-17-14-21(18(2)29(17)20-8-9-20)22(30)16-32-24-26-25-23(27-10-12-31-13-11-27)28(24)15-19-6-4-3-5-7-19/h3-7,14,20H,8-13,15-16H2,1-2H3. The maximum Gasteiger partial charge on any atom is 0.228 e. The van der Waals surface area contributed by atoms with Gasteiger partial charge >= 0.3 is 0 Å². The second-order valence-corrected chi connectivity index (χ2v) is 9.49. The Balaban J connectivity index is 1.36. The Hall–Kier alpha value is -2.58. The van der Waals surface area contributed by atoms with Crippen molar-refractivity contribution in [2.24, 2.45) is 0 Å². The highest BCUT2D eigenvalue weighted by molar-refractivity contribution is 7.99. The van der Waals surface area contributed by atoms with Gasteiger partial charge in [0.2, 0.25) is 5.95 Å². The molecule has 0 bridgehead atoms. The summed E-state index contributed by atoms with van der Waals surface area (Å²) in [4.78, 5) is 15.3. The Kier molecular flexibility index (Phi) is 6.06. The number of aryl methyl sites for hydroxylation is 1. The molecule has 0 amide bonds. The van der Waals surface area contributed by atoms with E-state index in [-0.39, 0.29) is 5.78 Å². The van der Waals surface area contributed by atoms with E-state index in [4.69, 9.17) is 4.74 Å². The molecule has 5 rings (SSSR count). The van der Waals surface area contributed by atoms with Gasteiger partial charge in [-0.05, 0) is 38.3 Å². The van der Waals surface area contributed by atoms with Crippen LogP contribution in [-0.4, -0.2) is 57.2 Å². The summed E-state index contributed by atoms with van der Waals surface area (Å²) >= 11 is 1.47. The first-order chi connectivity index (χ1) is 15.6. The minimum atomic E-state index is 0.150. The monoisotopic (exact) mass is 451 g/mol. The van der Waals surface area contributed by atoms with Gasteiger partial charge in [0, 0.05) is 36.1 Å². The van der Waals surface area contributed by atoms with Crippen molar-refractivity contribution in [1.82, 2.24) is 19.3 Å². The van der Waals surface area contributed by atoms with Gasteiger partial charge in [0.25, 0.3) is 0 Å². The number of benzene rings is 1. The van der Waals surface area contributed by atoms with E-state index >= 15 is 0 Å². The number of hydrogen-bond donors (Lipinski definition) is 0. The first kappa shape index (κ1) is 21.3. The van der Waals surface area contributed by atoms with Gasteiger partial charge in [-0.1, -0.05) is 42.1 Å². The van der Waals surface area contributed by atoms with Crippen LogP contribution in [0.5, 0.6) is 0 Å². The van der Waals surface area contributed by atoms with Crippen molar-refractivity contribution in [2.45, 2.75) is 44.4 Å². The van der Waals surface area contributed by atoms with Gasteiger partial charge in [0.15, 0.2) is 10.9 Å². The van der Waals surface area contributed by atoms with Crippen LogP contribution in [0.3, 0.4) is 0 Å². The molecule has 2 fully saturated rings. The number of anilines is 1. The highest BCUT2D eigenvalue weighted by Gasteiger charge is 2.28. The summed E-state index contributed by atoms with van der Waals surface area (Å²) < 4.78 is 9.96. The van der Waals surface area contributed by atoms with Crippen LogP contribution in [0.1, 0.15) is 46.2 Å². The maximum atomic E-state index is 13.1. The smallest absolute Gasteiger partial charge is 0.228 e. The molecule has 1 aliphatic heterocycles. The number of thioether (sulfide) groups is 1. The third-order valence-corrected chi connectivity index (χ3v) is 7.17. The molecule has 1 saturated heterocycles. The average molecular weight is 452 g/mol. The zero-order valence-electron chi connectivity index (χ0n) is 18.7. The van der Waals surface area contributed by atoms with Crippen molar-refractivity contribution in [1.29, 1.82) is 0 Å². The molecular weight excluding hydrogens is 422 g/mol. The lowest BCUT2D eigenvalue weighted by Gasteiger charge is -2.28. The molecule has 0 atom stereocenters. The van der Waals surface area contributed by atoms with Gasteiger partial charge in [0.05, 0.1) is 25.5 Å². The maximum absolute atomic E-state index is 13.1. The van der Waals surface area contributed by atoms with Crippen molar-refractivity contribution in [3.63, 3.8) is 0 Å². The van der Waals surface area contributed by atoms with Crippen molar-refractivity contribution < 1.29 is 9.53 Å². The molecule has 7 nitrogen and oxygen atoms in total. The molecule has 168 valence electrons. The molecule has 0 spiro atoms. The van der Waals surface area contributed by atoms with Crippen LogP contribution in [0.4, 0.5) is 5.95 Å². The fourth-order valence-corrected chi connectivity index (χ4v) is 5.27. The van der Waals surface area contributed by atoms with Gasteiger partial charge in [-0.2, -0.15) is 0 Å². The van der Waals surface area contributed by atoms with Crippen molar-refractivity contribution in [3.05, 3.63) is 58.9 Å². The molecule has 0 unspecified atom stereocenters. The fraction of sp³-hybridized carbons (Fsp3) is 0.458. The summed E-state index contributed by atoms with van der Waals surface area (Å²) in [5.74, 6) is 1.35. The summed E-state index contributed by atoms with van der Waals surface area (Å²) in [6.07, 6.45) is 2.43. The molecule has 0 radical (unpaired) electrons.